The van der Waals surface area contributed by atoms with Gasteiger partial charge in [0.05, 0.1) is 6.20 Å². The smallest absolute Gasteiger partial charge is 0.293 e. The van der Waals surface area contributed by atoms with Crippen LogP contribution < -0.4 is 0 Å². The average Bonchev–Trinajstić information content (AvgIpc) is 2.91. The molecule has 0 aliphatic carbocycles. The monoisotopic (exact) mass is 230 g/mol. The fourth-order valence-electron chi connectivity index (χ4n) is 1.08. The number of aromatic nitrogens is 2. The molecule has 0 saturated carbocycles. The molecule has 88 valence electrons. The van der Waals surface area contributed by atoms with Crippen molar-refractivity contribution >= 4 is 12.5 Å². The lowest BCUT2D eigenvalue weighted by molar-refractivity contribution is -0.129. The summed E-state index contributed by atoms with van der Waals surface area (Å²) in [5.41, 5.74) is 2.04. The quantitative estimate of drug-likeness (QED) is 0.820. The summed E-state index contributed by atoms with van der Waals surface area (Å²) in [6, 6.07) is 9.55. The van der Waals surface area contributed by atoms with Gasteiger partial charge in [-0.3, -0.25) is 9.89 Å². The van der Waals surface area contributed by atoms with Gasteiger partial charge < -0.3 is 4.74 Å². The number of benzene rings is 1. The van der Waals surface area contributed by atoms with Crippen molar-refractivity contribution in [1.29, 1.82) is 0 Å². The van der Waals surface area contributed by atoms with Crippen LogP contribution in [0.3, 0.4) is 0 Å². The van der Waals surface area contributed by atoms with Gasteiger partial charge in [-0.25, -0.2) is 0 Å². The number of hydrogen-bond acceptors (Lipinski definition) is 3. The minimum atomic E-state index is 0.365. The highest BCUT2D eigenvalue weighted by Crippen LogP contribution is 1.98. The number of hydrogen-bond donors (Lipinski definition) is 1. The number of nitrogens with zero attached hydrogens (tertiary/aromatic N) is 1. The number of carbonyl (C=O) groups is 1. The van der Waals surface area contributed by atoms with Gasteiger partial charge in [-0.15, -0.1) is 0 Å². The van der Waals surface area contributed by atoms with Gasteiger partial charge in [0.2, 0.25) is 0 Å². The number of carbonyl (C=O) groups excluding carboxylic acids is 1. The van der Waals surface area contributed by atoms with Crippen LogP contribution in [0.4, 0.5) is 0 Å². The first kappa shape index (κ1) is 12.7. The zero-order valence-corrected chi connectivity index (χ0v) is 9.37. The lowest BCUT2D eigenvalue weighted by Crippen LogP contribution is -1.88. The van der Waals surface area contributed by atoms with Gasteiger partial charge in [0.1, 0.15) is 6.61 Å². The van der Waals surface area contributed by atoms with Gasteiger partial charge in [0, 0.05) is 11.8 Å². The Kier molecular flexibility index (Phi) is 5.88. The molecule has 0 radical (unpaired) electrons. The highest BCUT2D eigenvalue weighted by atomic mass is 16.5. The largest absolute Gasteiger partial charge is 0.463 e. The van der Waals surface area contributed by atoms with Crippen LogP contribution in [0.2, 0.25) is 0 Å². The molecule has 1 N–H and O–H groups in total. The highest BCUT2D eigenvalue weighted by Gasteiger charge is 1.87. The Morgan fingerprint density at radius 2 is 2.12 bits per heavy atom. The van der Waals surface area contributed by atoms with E-state index in [4.69, 9.17) is 0 Å². The van der Waals surface area contributed by atoms with Crippen LogP contribution in [-0.2, 0) is 16.1 Å². The molecular weight excluding hydrogens is 216 g/mol. The predicted octanol–water partition coefficient (Wildman–Crippen LogP) is 2.41. The minimum absolute atomic E-state index is 0.365. The van der Waals surface area contributed by atoms with Crippen LogP contribution in [-0.4, -0.2) is 16.7 Å². The first-order valence-electron chi connectivity index (χ1n) is 5.07. The second-order valence-corrected chi connectivity index (χ2v) is 3.13. The lowest BCUT2D eigenvalue weighted by atomic mass is 10.2. The van der Waals surface area contributed by atoms with Crippen molar-refractivity contribution in [2.24, 2.45) is 0 Å². The zero-order chi connectivity index (χ0) is 12.3. The molecule has 1 aromatic carbocycles. The topological polar surface area (TPSA) is 55.0 Å². The molecule has 0 unspecified atom stereocenters. The van der Waals surface area contributed by atoms with Crippen molar-refractivity contribution in [2.75, 3.05) is 0 Å². The summed E-state index contributed by atoms with van der Waals surface area (Å²) in [7, 11) is 0. The molecule has 0 fully saturated rings. The maximum atomic E-state index is 9.76. The first-order valence-corrected chi connectivity index (χ1v) is 5.07. The Bertz CT molecular complexity index is 424. The van der Waals surface area contributed by atoms with Crippen LogP contribution in [0.5, 0.6) is 0 Å². The molecule has 4 heteroatoms. The SMILES string of the molecule is C=Cc1cn[nH]c1.O=COCc1ccccc1. The van der Waals surface area contributed by atoms with E-state index in [0.717, 1.165) is 11.1 Å². The molecule has 4 nitrogen and oxygen atoms in total. The van der Waals surface area contributed by atoms with Gasteiger partial charge in [-0.05, 0) is 5.56 Å². The van der Waals surface area contributed by atoms with Gasteiger partial charge in [-0.1, -0.05) is 43.0 Å². The Morgan fingerprint density at radius 1 is 1.35 bits per heavy atom. The van der Waals surface area contributed by atoms with Crippen LogP contribution in [0.15, 0.2) is 49.3 Å². The lowest BCUT2D eigenvalue weighted by Gasteiger charge is -1.95. The predicted molar refractivity (Wildman–Crippen MR) is 66.0 cm³/mol. The number of H-pyrrole nitrogens is 1. The van der Waals surface area contributed by atoms with Crippen molar-refractivity contribution in [2.45, 2.75) is 6.61 Å². The van der Waals surface area contributed by atoms with Crippen LogP contribution in [0, 0.1) is 0 Å². The van der Waals surface area contributed by atoms with Crippen LogP contribution >= 0.6 is 0 Å². The third-order valence-corrected chi connectivity index (χ3v) is 1.92. The summed E-state index contributed by atoms with van der Waals surface area (Å²) in [6.07, 6.45) is 5.24. The molecule has 0 bridgehead atoms. The second kappa shape index (κ2) is 7.87. The molecule has 1 aromatic heterocycles. The zero-order valence-electron chi connectivity index (χ0n) is 9.37. The summed E-state index contributed by atoms with van der Waals surface area (Å²) in [6.45, 7) is 4.36. The van der Waals surface area contributed by atoms with E-state index >= 15 is 0 Å². The summed E-state index contributed by atoms with van der Waals surface area (Å²) in [4.78, 5) is 9.76. The first-order chi connectivity index (χ1) is 8.36. The van der Waals surface area contributed by atoms with Crippen molar-refractivity contribution in [3.05, 3.63) is 60.4 Å². The van der Waals surface area contributed by atoms with Crippen molar-refractivity contribution in [3.8, 4) is 0 Å². The Labute approximate surface area is 99.9 Å². The van der Waals surface area contributed by atoms with E-state index in [1.54, 1.807) is 18.5 Å². The fraction of sp³-hybridized carbons (Fsp3) is 0.0769. The van der Waals surface area contributed by atoms with Crippen LogP contribution in [0.1, 0.15) is 11.1 Å². The molecule has 2 aromatic rings. The fourth-order valence-corrected chi connectivity index (χ4v) is 1.08. The molecule has 0 aliphatic heterocycles. The van der Waals surface area contributed by atoms with E-state index in [-0.39, 0.29) is 0 Å². The average molecular weight is 230 g/mol. The summed E-state index contributed by atoms with van der Waals surface area (Å²) >= 11 is 0. The molecule has 0 spiro atoms. The Hall–Kier alpha value is -2.36. The number of nitrogens with one attached hydrogen (secondary N) is 1. The molecular formula is C13H14N2O2. The molecule has 0 amide bonds. The van der Waals surface area contributed by atoms with Crippen molar-refractivity contribution in [3.63, 3.8) is 0 Å². The van der Waals surface area contributed by atoms with E-state index in [1.807, 2.05) is 30.3 Å². The minimum Gasteiger partial charge on any atom is -0.463 e. The van der Waals surface area contributed by atoms with E-state index in [1.165, 1.54) is 0 Å². The normalized spacial score (nSPS) is 8.71. The van der Waals surface area contributed by atoms with Gasteiger partial charge in [0.15, 0.2) is 0 Å². The molecule has 0 saturated heterocycles. The molecule has 1 heterocycles. The summed E-state index contributed by atoms with van der Waals surface area (Å²) in [5, 5.41) is 6.36. The number of ether oxygens (including phenoxy) is 1. The van der Waals surface area contributed by atoms with Crippen molar-refractivity contribution < 1.29 is 9.53 Å². The van der Waals surface area contributed by atoms with Gasteiger partial charge in [0.25, 0.3) is 6.47 Å². The third-order valence-electron chi connectivity index (χ3n) is 1.92. The third kappa shape index (κ3) is 5.32. The maximum absolute atomic E-state index is 9.76. The Morgan fingerprint density at radius 3 is 2.59 bits per heavy atom. The van der Waals surface area contributed by atoms with E-state index in [2.05, 4.69) is 21.5 Å². The number of aromatic amines is 1. The van der Waals surface area contributed by atoms with Gasteiger partial charge >= 0.3 is 0 Å². The van der Waals surface area contributed by atoms with E-state index in [0.29, 0.717) is 13.1 Å². The summed E-state index contributed by atoms with van der Waals surface area (Å²) in [5.74, 6) is 0. The maximum Gasteiger partial charge on any atom is 0.293 e. The molecule has 0 aliphatic rings. The molecule has 2 rings (SSSR count). The standard InChI is InChI=1S/C8H8O2.C5H6N2/c9-7-10-6-8-4-2-1-3-5-8;1-2-5-3-6-7-4-5/h1-5,7H,6H2;2-4H,1H2,(H,6,7). The second-order valence-electron chi connectivity index (χ2n) is 3.13. The highest BCUT2D eigenvalue weighted by molar-refractivity contribution is 5.42. The summed E-state index contributed by atoms with van der Waals surface area (Å²) < 4.78 is 4.54. The van der Waals surface area contributed by atoms with Crippen LogP contribution in [0.25, 0.3) is 6.08 Å². The Balaban J connectivity index is 0.000000181. The molecule has 17 heavy (non-hydrogen) atoms. The van der Waals surface area contributed by atoms with E-state index < -0.39 is 0 Å². The van der Waals surface area contributed by atoms with Crippen molar-refractivity contribution in [1.82, 2.24) is 10.2 Å². The van der Waals surface area contributed by atoms with Gasteiger partial charge in [-0.2, -0.15) is 5.10 Å². The molecule has 0 atom stereocenters. The van der Waals surface area contributed by atoms with E-state index in [9.17, 15) is 4.79 Å². The number of rotatable bonds is 4.